The highest BCUT2D eigenvalue weighted by molar-refractivity contribution is 5.81. The van der Waals surface area contributed by atoms with Gasteiger partial charge in [-0.25, -0.2) is 0 Å². The van der Waals surface area contributed by atoms with E-state index in [-0.39, 0.29) is 5.91 Å². The minimum atomic E-state index is -0.549. The maximum Gasteiger partial charge on any atom is 0.263 e. The average molecular weight is 249 g/mol. The Bertz CT molecular complexity index is 413. The summed E-state index contributed by atoms with van der Waals surface area (Å²) in [6, 6.07) is 6.78. The quantitative estimate of drug-likeness (QED) is 0.726. The van der Waals surface area contributed by atoms with Crippen LogP contribution in [-0.4, -0.2) is 36.3 Å². The third kappa shape index (κ3) is 3.58. The fourth-order valence-electron chi connectivity index (χ4n) is 1.71. The van der Waals surface area contributed by atoms with Crippen molar-refractivity contribution in [2.45, 2.75) is 26.9 Å². The fraction of sp³-hybridized carbons (Fsp3) is 0.429. The maximum atomic E-state index is 12.0. The van der Waals surface area contributed by atoms with Crippen LogP contribution in [0, 0.1) is 0 Å². The highest BCUT2D eigenvalue weighted by atomic mass is 16.5. The smallest absolute Gasteiger partial charge is 0.263 e. The van der Waals surface area contributed by atoms with Crippen LogP contribution in [0.5, 0.6) is 5.75 Å². The second-order valence-corrected chi connectivity index (χ2v) is 3.96. The molecule has 0 heterocycles. The van der Waals surface area contributed by atoms with Crippen LogP contribution >= 0.6 is 0 Å². The summed E-state index contributed by atoms with van der Waals surface area (Å²) in [5.41, 5.74) is 0.537. The molecule has 0 saturated heterocycles. The van der Waals surface area contributed by atoms with Gasteiger partial charge in [0.1, 0.15) is 12.0 Å². The first kappa shape index (κ1) is 14.2. The van der Waals surface area contributed by atoms with Crippen LogP contribution in [0.4, 0.5) is 0 Å². The van der Waals surface area contributed by atoms with Crippen molar-refractivity contribution in [3.8, 4) is 5.75 Å². The molecule has 0 aromatic heterocycles. The zero-order valence-electron chi connectivity index (χ0n) is 11.1. The molecule has 0 fully saturated rings. The normalized spacial score (nSPS) is 11.7. The van der Waals surface area contributed by atoms with Crippen molar-refractivity contribution < 1.29 is 14.3 Å². The summed E-state index contributed by atoms with van der Waals surface area (Å²) in [4.78, 5) is 24.4. The molecule has 0 saturated carbocycles. The van der Waals surface area contributed by atoms with E-state index >= 15 is 0 Å². The number of likely N-dealkylation sites (N-methyl/N-ethyl adjacent to an activating group) is 1. The number of carbonyl (C=O) groups is 2. The van der Waals surface area contributed by atoms with Crippen molar-refractivity contribution in [3.63, 3.8) is 0 Å². The van der Waals surface area contributed by atoms with Crippen LogP contribution in [0.2, 0.25) is 0 Å². The van der Waals surface area contributed by atoms with Crippen LogP contribution in [-0.2, 0) is 4.79 Å². The lowest BCUT2D eigenvalue weighted by Crippen LogP contribution is -2.40. The Morgan fingerprint density at radius 3 is 2.61 bits per heavy atom. The van der Waals surface area contributed by atoms with Gasteiger partial charge in [0.2, 0.25) is 0 Å². The van der Waals surface area contributed by atoms with Crippen molar-refractivity contribution in [2.24, 2.45) is 0 Å². The Morgan fingerprint density at radius 1 is 1.39 bits per heavy atom. The number of hydrogen-bond donors (Lipinski definition) is 0. The number of carbonyl (C=O) groups excluding carboxylic acids is 2. The summed E-state index contributed by atoms with van der Waals surface area (Å²) in [5, 5.41) is 0. The minimum absolute atomic E-state index is 0.0449. The first-order valence-corrected chi connectivity index (χ1v) is 6.13. The van der Waals surface area contributed by atoms with Gasteiger partial charge < -0.3 is 9.64 Å². The van der Waals surface area contributed by atoms with Crippen molar-refractivity contribution in [3.05, 3.63) is 29.8 Å². The Hall–Kier alpha value is -1.84. The van der Waals surface area contributed by atoms with Gasteiger partial charge in [-0.15, -0.1) is 0 Å². The van der Waals surface area contributed by atoms with Crippen LogP contribution in [0.1, 0.15) is 31.1 Å². The molecule has 0 spiro atoms. The standard InChI is InChI=1S/C14H19NO3/c1-4-15(5-2)14(17)11(3)18-13-8-6-7-12(9-13)10-16/h6-11H,4-5H2,1-3H3. The van der Waals surface area contributed by atoms with Gasteiger partial charge in [-0.05, 0) is 32.9 Å². The highest BCUT2D eigenvalue weighted by Crippen LogP contribution is 2.14. The molecule has 1 atom stereocenters. The van der Waals surface area contributed by atoms with E-state index in [0.717, 1.165) is 6.29 Å². The SMILES string of the molecule is CCN(CC)C(=O)C(C)Oc1cccc(C=O)c1. The molecule has 0 aliphatic carbocycles. The number of ether oxygens (including phenoxy) is 1. The molecular formula is C14H19NO3. The van der Waals surface area contributed by atoms with Crippen molar-refractivity contribution in [1.29, 1.82) is 0 Å². The molecule has 18 heavy (non-hydrogen) atoms. The summed E-state index contributed by atoms with van der Waals surface area (Å²) in [7, 11) is 0. The number of rotatable bonds is 6. The fourth-order valence-corrected chi connectivity index (χ4v) is 1.71. The largest absolute Gasteiger partial charge is 0.481 e. The van der Waals surface area contributed by atoms with Gasteiger partial charge in [-0.3, -0.25) is 9.59 Å². The molecule has 1 rings (SSSR count). The predicted octanol–water partition coefficient (Wildman–Crippen LogP) is 2.13. The number of nitrogens with zero attached hydrogens (tertiary/aromatic N) is 1. The van der Waals surface area contributed by atoms with E-state index in [1.165, 1.54) is 0 Å². The molecule has 0 aliphatic heterocycles. The topological polar surface area (TPSA) is 46.6 Å². The van der Waals surface area contributed by atoms with Crippen molar-refractivity contribution >= 4 is 12.2 Å². The molecule has 1 unspecified atom stereocenters. The lowest BCUT2D eigenvalue weighted by molar-refractivity contribution is -0.137. The van der Waals surface area contributed by atoms with Crippen molar-refractivity contribution in [1.82, 2.24) is 4.90 Å². The minimum Gasteiger partial charge on any atom is -0.481 e. The lowest BCUT2D eigenvalue weighted by atomic mass is 10.2. The summed E-state index contributed by atoms with van der Waals surface area (Å²) >= 11 is 0. The van der Waals surface area contributed by atoms with E-state index in [1.54, 1.807) is 36.1 Å². The molecule has 98 valence electrons. The Labute approximate surface area is 108 Å². The molecule has 0 N–H and O–H groups in total. The molecule has 0 aliphatic rings. The highest BCUT2D eigenvalue weighted by Gasteiger charge is 2.19. The third-order valence-corrected chi connectivity index (χ3v) is 2.73. The van der Waals surface area contributed by atoms with Gasteiger partial charge in [0.15, 0.2) is 6.10 Å². The molecule has 1 aromatic carbocycles. The molecule has 1 aromatic rings. The molecule has 4 heteroatoms. The number of benzene rings is 1. The maximum absolute atomic E-state index is 12.0. The Morgan fingerprint density at radius 2 is 2.06 bits per heavy atom. The number of hydrogen-bond acceptors (Lipinski definition) is 3. The Kier molecular flexibility index (Phi) is 5.36. The van der Waals surface area contributed by atoms with E-state index in [2.05, 4.69) is 0 Å². The number of amides is 1. The summed E-state index contributed by atoms with van der Waals surface area (Å²) in [6.07, 6.45) is 0.204. The third-order valence-electron chi connectivity index (χ3n) is 2.73. The summed E-state index contributed by atoms with van der Waals surface area (Å²) in [5.74, 6) is 0.490. The number of aldehydes is 1. The molecule has 1 amide bonds. The first-order chi connectivity index (χ1) is 8.62. The zero-order chi connectivity index (χ0) is 13.5. The van der Waals surface area contributed by atoms with E-state index in [0.29, 0.717) is 24.4 Å². The van der Waals surface area contributed by atoms with E-state index in [9.17, 15) is 9.59 Å². The Balaban J connectivity index is 2.71. The summed E-state index contributed by atoms with van der Waals surface area (Å²) < 4.78 is 5.55. The zero-order valence-corrected chi connectivity index (χ0v) is 11.1. The lowest BCUT2D eigenvalue weighted by Gasteiger charge is -2.23. The van der Waals surface area contributed by atoms with Crippen LogP contribution in [0.15, 0.2) is 24.3 Å². The first-order valence-electron chi connectivity index (χ1n) is 6.13. The van der Waals surface area contributed by atoms with Gasteiger partial charge in [-0.1, -0.05) is 12.1 Å². The van der Waals surface area contributed by atoms with Gasteiger partial charge in [0.05, 0.1) is 0 Å². The second kappa shape index (κ2) is 6.79. The molecule has 0 radical (unpaired) electrons. The van der Waals surface area contributed by atoms with E-state index in [1.807, 2.05) is 13.8 Å². The van der Waals surface area contributed by atoms with Gasteiger partial charge in [-0.2, -0.15) is 0 Å². The molecular weight excluding hydrogens is 230 g/mol. The predicted molar refractivity (Wildman–Crippen MR) is 69.8 cm³/mol. The monoisotopic (exact) mass is 249 g/mol. The van der Waals surface area contributed by atoms with Crippen LogP contribution in [0.25, 0.3) is 0 Å². The van der Waals surface area contributed by atoms with Crippen LogP contribution in [0.3, 0.4) is 0 Å². The van der Waals surface area contributed by atoms with E-state index in [4.69, 9.17) is 4.74 Å². The van der Waals surface area contributed by atoms with Crippen molar-refractivity contribution in [2.75, 3.05) is 13.1 Å². The van der Waals surface area contributed by atoms with Gasteiger partial charge in [0.25, 0.3) is 5.91 Å². The molecule has 0 bridgehead atoms. The summed E-state index contributed by atoms with van der Waals surface area (Å²) in [6.45, 7) is 6.91. The van der Waals surface area contributed by atoms with E-state index < -0.39 is 6.10 Å². The van der Waals surface area contributed by atoms with Gasteiger partial charge in [0, 0.05) is 18.7 Å². The molecule has 4 nitrogen and oxygen atoms in total. The average Bonchev–Trinajstić information content (AvgIpc) is 2.40. The second-order valence-electron chi connectivity index (χ2n) is 3.96. The van der Waals surface area contributed by atoms with Crippen LogP contribution < -0.4 is 4.74 Å². The van der Waals surface area contributed by atoms with Gasteiger partial charge >= 0.3 is 0 Å².